The Labute approximate surface area is 198 Å². The standard InChI is InChI=1S/C23H35N5O.HI/c1-18(2)28(19(3)4)14-13-26-23(24-5)27-16-20-9-8-11-22(15-20)29-17-21-10-6-7-12-25-21;/h6-12,15,18-19H,13-14,16-17H2,1-5H3,(H2,24,26,27);1H. The van der Waals surface area contributed by atoms with Crippen molar-refractivity contribution in [3.05, 3.63) is 59.9 Å². The zero-order valence-electron chi connectivity index (χ0n) is 18.8. The van der Waals surface area contributed by atoms with E-state index >= 15 is 0 Å². The van der Waals surface area contributed by atoms with Crippen LogP contribution < -0.4 is 15.4 Å². The molecule has 0 unspecified atom stereocenters. The van der Waals surface area contributed by atoms with Gasteiger partial charge in [0, 0.05) is 45.0 Å². The van der Waals surface area contributed by atoms with Crippen molar-refractivity contribution < 1.29 is 4.74 Å². The molecular formula is C23H36IN5O. The van der Waals surface area contributed by atoms with Crippen molar-refractivity contribution in [2.24, 2.45) is 4.99 Å². The van der Waals surface area contributed by atoms with E-state index in [1.54, 1.807) is 13.2 Å². The number of nitrogens with one attached hydrogen (secondary N) is 2. The average Bonchev–Trinajstić information content (AvgIpc) is 2.72. The third kappa shape index (κ3) is 9.30. The van der Waals surface area contributed by atoms with Crippen LogP contribution in [-0.2, 0) is 13.2 Å². The number of pyridine rings is 1. The Bertz CT molecular complexity index is 744. The molecule has 166 valence electrons. The van der Waals surface area contributed by atoms with Crippen LogP contribution in [0.15, 0.2) is 53.7 Å². The van der Waals surface area contributed by atoms with Gasteiger partial charge in [0.25, 0.3) is 0 Å². The van der Waals surface area contributed by atoms with E-state index in [2.05, 4.69) is 59.3 Å². The molecule has 7 heteroatoms. The Morgan fingerprint density at radius 3 is 2.47 bits per heavy atom. The first-order valence-corrected chi connectivity index (χ1v) is 10.3. The van der Waals surface area contributed by atoms with Crippen molar-refractivity contribution >= 4 is 29.9 Å². The molecule has 0 bridgehead atoms. The highest BCUT2D eigenvalue weighted by atomic mass is 127. The monoisotopic (exact) mass is 525 g/mol. The van der Waals surface area contributed by atoms with Gasteiger partial charge in [0.05, 0.1) is 5.69 Å². The van der Waals surface area contributed by atoms with Gasteiger partial charge in [-0.05, 0) is 57.5 Å². The van der Waals surface area contributed by atoms with E-state index in [0.29, 0.717) is 25.2 Å². The second-order valence-electron chi connectivity index (χ2n) is 7.54. The van der Waals surface area contributed by atoms with Gasteiger partial charge in [-0.15, -0.1) is 24.0 Å². The van der Waals surface area contributed by atoms with E-state index in [-0.39, 0.29) is 24.0 Å². The van der Waals surface area contributed by atoms with Crippen LogP contribution in [0.2, 0.25) is 0 Å². The summed E-state index contributed by atoms with van der Waals surface area (Å²) in [6.07, 6.45) is 1.78. The zero-order chi connectivity index (χ0) is 21.1. The molecule has 1 aromatic carbocycles. The lowest BCUT2D eigenvalue weighted by Gasteiger charge is -2.30. The number of rotatable bonds is 10. The second kappa shape index (κ2) is 14.2. The van der Waals surface area contributed by atoms with Crippen molar-refractivity contribution in [1.82, 2.24) is 20.5 Å². The molecule has 0 aliphatic heterocycles. The van der Waals surface area contributed by atoms with Crippen LogP contribution in [0.1, 0.15) is 39.0 Å². The van der Waals surface area contributed by atoms with Crippen molar-refractivity contribution in [3.8, 4) is 5.75 Å². The van der Waals surface area contributed by atoms with Gasteiger partial charge in [-0.1, -0.05) is 18.2 Å². The van der Waals surface area contributed by atoms with Gasteiger partial charge in [-0.2, -0.15) is 0 Å². The average molecular weight is 525 g/mol. The van der Waals surface area contributed by atoms with E-state index < -0.39 is 0 Å². The summed E-state index contributed by atoms with van der Waals surface area (Å²) < 4.78 is 5.86. The lowest BCUT2D eigenvalue weighted by atomic mass is 10.2. The topological polar surface area (TPSA) is 61.8 Å². The van der Waals surface area contributed by atoms with Gasteiger partial charge >= 0.3 is 0 Å². The van der Waals surface area contributed by atoms with Crippen LogP contribution in [0.5, 0.6) is 5.75 Å². The Morgan fingerprint density at radius 1 is 1.07 bits per heavy atom. The molecule has 6 nitrogen and oxygen atoms in total. The molecule has 0 aliphatic carbocycles. The maximum Gasteiger partial charge on any atom is 0.191 e. The molecule has 0 aliphatic rings. The molecule has 2 aromatic rings. The highest BCUT2D eigenvalue weighted by molar-refractivity contribution is 14.0. The van der Waals surface area contributed by atoms with E-state index in [4.69, 9.17) is 4.74 Å². The van der Waals surface area contributed by atoms with E-state index in [1.807, 2.05) is 36.4 Å². The Kier molecular flexibility index (Phi) is 12.4. The van der Waals surface area contributed by atoms with E-state index in [0.717, 1.165) is 36.1 Å². The Balaban J connectivity index is 0.00000450. The van der Waals surface area contributed by atoms with Crippen LogP contribution in [0.4, 0.5) is 0 Å². The van der Waals surface area contributed by atoms with Gasteiger partial charge < -0.3 is 15.4 Å². The predicted molar refractivity (Wildman–Crippen MR) is 136 cm³/mol. The molecule has 2 N–H and O–H groups in total. The molecule has 0 amide bonds. The van der Waals surface area contributed by atoms with Crippen molar-refractivity contribution in [1.29, 1.82) is 0 Å². The third-order valence-electron chi connectivity index (χ3n) is 4.68. The summed E-state index contributed by atoms with van der Waals surface area (Å²) in [5.41, 5.74) is 2.05. The number of ether oxygens (including phenoxy) is 1. The van der Waals surface area contributed by atoms with Crippen molar-refractivity contribution in [2.75, 3.05) is 20.1 Å². The number of aliphatic imine (C=N–C) groups is 1. The summed E-state index contributed by atoms with van der Waals surface area (Å²) in [5, 5.41) is 6.77. The Hall–Kier alpha value is -1.87. The SMILES string of the molecule is CN=C(NCCN(C(C)C)C(C)C)NCc1cccc(OCc2ccccn2)c1.I. The molecule has 1 aromatic heterocycles. The molecular weight excluding hydrogens is 489 g/mol. The quantitative estimate of drug-likeness (QED) is 0.278. The van der Waals surface area contributed by atoms with Gasteiger partial charge in [0.1, 0.15) is 12.4 Å². The minimum Gasteiger partial charge on any atom is -0.487 e. The smallest absolute Gasteiger partial charge is 0.191 e. The summed E-state index contributed by atoms with van der Waals surface area (Å²) in [6, 6.07) is 15.0. The van der Waals surface area contributed by atoms with E-state index in [9.17, 15) is 0 Å². The molecule has 0 saturated carbocycles. The maximum absolute atomic E-state index is 5.86. The number of hydrogen-bond acceptors (Lipinski definition) is 4. The summed E-state index contributed by atoms with van der Waals surface area (Å²) in [7, 11) is 1.80. The first-order chi connectivity index (χ1) is 14.0. The lowest BCUT2D eigenvalue weighted by molar-refractivity contribution is 0.178. The van der Waals surface area contributed by atoms with Gasteiger partial charge in [-0.3, -0.25) is 14.9 Å². The first-order valence-electron chi connectivity index (χ1n) is 10.3. The molecule has 2 rings (SSSR count). The minimum absolute atomic E-state index is 0. The fourth-order valence-corrected chi connectivity index (χ4v) is 3.21. The first kappa shape index (κ1) is 26.2. The highest BCUT2D eigenvalue weighted by Crippen LogP contribution is 2.14. The number of guanidine groups is 1. The Morgan fingerprint density at radius 2 is 1.83 bits per heavy atom. The lowest BCUT2D eigenvalue weighted by Crippen LogP contribution is -2.45. The number of aromatic nitrogens is 1. The van der Waals surface area contributed by atoms with Crippen LogP contribution >= 0.6 is 24.0 Å². The third-order valence-corrected chi connectivity index (χ3v) is 4.68. The molecule has 1 heterocycles. The second-order valence-corrected chi connectivity index (χ2v) is 7.54. The van der Waals surface area contributed by atoms with Crippen LogP contribution in [0, 0.1) is 0 Å². The van der Waals surface area contributed by atoms with Crippen LogP contribution in [0.3, 0.4) is 0 Å². The van der Waals surface area contributed by atoms with Gasteiger partial charge in [0.15, 0.2) is 5.96 Å². The summed E-state index contributed by atoms with van der Waals surface area (Å²) in [5.74, 6) is 1.64. The zero-order valence-corrected chi connectivity index (χ0v) is 21.1. The number of nitrogens with zero attached hydrogens (tertiary/aromatic N) is 3. The number of halogens is 1. The van der Waals surface area contributed by atoms with Crippen LogP contribution in [-0.4, -0.2) is 48.1 Å². The normalized spacial score (nSPS) is 11.5. The van der Waals surface area contributed by atoms with E-state index in [1.165, 1.54) is 0 Å². The largest absolute Gasteiger partial charge is 0.487 e. The van der Waals surface area contributed by atoms with Crippen LogP contribution in [0.25, 0.3) is 0 Å². The van der Waals surface area contributed by atoms with Gasteiger partial charge in [-0.25, -0.2) is 0 Å². The summed E-state index contributed by atoms with van der Waals surface area (Å²) in [4.78, 5) is 11.1. The minimum atomic E-state index is 0. The number of hydrogen-bond donors (Lipinski definition) is 2. The predicted octanol–water partition coefficient (Wildman–Crippen LogP) is 4.06. The summed E-state index contributed by atoms with van der Waals surface area (Å²) in [6.45, 7) is 11.9. The van der Waals surface area contributed by atoms with Gasteiger partial charge in [0.2, 0.25) is 0 Å². The summed E-state index contributed by atoms with van der Waals surface area (Å²) >= 11 is 0. The molecule has 0 radical (unpaired) electrons. The molecule has 0 spiro atoms. The molecule has 0 saturated heterocycles. The number of benzene rings is 1. The highest BCUT2D eigenvalue weighted by Gasteiger charge is 2.12. The fraction of sp³-hybridized carbons (Fsp3) is 0.478. The molecule has 0 atom stereocenters. The maximum atomic E-state index is 5.86. The molecule has 30 heavy (non-hydrogen) atoms. The fourth-order valence-electron chi connectivity index (χ4n) is 3.21. The van der Waals surface area contributed by atoms with Crippen molar-refractivity contribution in [3.63, 3.8) is 0 Å². The van der Waals surface area contributed by atoms with Crippen molar-refractivity contribution in [2.45, 2.75) is 52.9 Å². The molecule has 0 fully saturated rings.